The summed E-state index contributed by atoms with van der Waals surface area (Å²) < 4.78 is 4.65. The van der Waals surface area contributed by atoms with Crippen LogP contribution >= 0.6 is 0 Å². The first-order valence-electron chi connectivity index (χ1n) is 4.94. The van der Waals surface area contributed by atoms with E-state index in [1.807, 2.05) is 6.07 Å². The van der Waals surface area contributed by atoms with Gasteiger partial charge in [-0.05, 0) is 19.1 Å². The number of hydrogen-bond acceptors (Lipinski definition) is 5. The third-order valence-corrected chi connectivity index (χ3v) is 1.83. The Morgan fingerprint density at radius 2 is 2.29 bits per heavy atom. The number of anilines is 1. The molecule has 0 saturated carbocycles. The number of nitrogens with zero attached hydrogens (tertiary/aromatic N) is 2. The normalized spacial score (nSPS) is 10.5. The van der Waals surface area contributed by atoms with Crippen LogP contribution in [0.3, 0.4) is 0 Å². The van der Waals surface area contributed by atoms with E-state index in [9.17, 15) is 4.79 Å². The number of nitrogens with two attached hydrogens (primary N) is 1. The van der Waals surface area contributed by atoms with Crippen molar-refractivity contribution in [1.29, 1.82) is 5.26 Å². The van der Waals surface area contributed by atoms with Crippen molar-refractivity contribution < 1.29 is 9.53 Å². The molecule has 1 rings (SSSR count). The molecule has 88 valence electrons. The molecule has 0 fully saturated rings. The van der Waals surface area contributed by atoms with E-state index in [2.05, 4.69) is 15.3 Å². The Bertz CT molecular complexity index is 477. The SMILES string of the molecule is CCOC(=O)/C(N)=N/Nc1ccccc1C#N. The zero-order valence-electron chi connectivity index (χ0n) is 9.30. The molecular formula is C11H12N4O2. The van der Waals surface area contributed by atoms with Crippen molar-refractivity contribution in [2.45, 2.75) is 6.92 Å². The molecule has 0 unspecified atom stereocenters. The summed E-state index contributed by atoms with van der Waals surface area (Å²) in [6, 6.07) is 8.72. The van der Waals surface area contributed by atoms with Crippen LogP contribution in [0.5, 0.6) is 0 Å². The monoisotopic (exact) mass is 232 g/mol. The lowest BCUT2D eigenvalue weighted by molar-refractivity contribution is -0.135. The second kappa shape index (κ2) is 6.12. The zero-order chi connectivity index (χ0) is 12.7. The Morgan fingerprint density at radius 1 is 1.59 bits per heavy atom. The number of benzene rings is 1. The molecule has 1 aromatic carbocycles. The highest BCUT2D eigenvalue weighted by molar-refractivity contribution is 6.34. The minimum atomic E-state index is -0.700. The maximum Gasteiger partial charge on any atom is 0.375 e. The van der Waals surface area contributed by atoms with E-state index in [4.69, 9.17) is 11.0 Å². The molecule has 0 aromatic heterocycles. The second-order valence-corrected chi connectivity index (χ2v) is 2.99. The van der Waals surface area contributed by atoms with Crippen LogP contribution in [0.25, 0.3) is 0 Å². The largest absolute Gasteiger partial charge is 0.460 e. The van der Waals surface area contributed by atoms with Gasteiger partial charge in [0.15, 0.2) is 0 Å². The van der Waals surface area contributed by atoms with Crippen LogP contribution in [0.2, 0.25) is 0 Å². The van der Waals surface area contributed by atoms with Gasteiger partial charge in [-0.25, -0.2) is 4.79 Å². The Hall–Kier alpha value is -2.55. The molecule has 0 amide bonds. The predicted octanol–water partition coefficient (Wildman–Crippen LogP) is 0.805. The number of nitrogens with one attached hydrogen (secondary N) is 1. The smallest absolute Gasteiger partial charge is 0.375 e. The van der Waals surface area contributed by atoms with Gasteiger partial charge >= 0.3 is 5.97 Å². The van der Waals surface area contributed by atoms with E-state index >= 15 is 0 Å². The van der Waals surface area contributed by atoms with Gasteiger partial charge in [0.2, 0.25) is 5.84 Å². The highest BCUT2D eigenvalue weighted by atomic mass is 16.5. The number of rotatable bonds is 3. The Kier molecular flexibility index (Phi) is 4.51. The first kappa shape index (κ1) is 12.5. The number of para-hydroxylation sites is 1. The molecule has 0 aliphatic carbocycles. The standard InChI is InChI=1S/C11H12N4O2/c1-2-17-11(16)10(13)15-14-9-6-4-3-5-8(9)7-12/h3-6,14H,2H2,1H3,(H2,13,15). The summed E-state index contributed by atoms with van der Waals surface area (Å²) in [6.07, 6.45) is 0. The molecule has 6 nitrogen and oxygen atoms in total. The van der Waals surface area contributed by atoms with Crippen molar-refractivity contribution >= 4 is 17.5 Å². The van der Waals surface area contributed by atoms with Gasteiger partial charge < -0.3 is 10.5 Å². The fourth-order valence-electron chi connectivity index (χ4n) is 1.05. The first-order chi connectivity index (χ1) is 8.19. The lowest BCUT2D eigenvalue weighted by Crippen LogP contribution is -2.27. The average molecular weight is 232 g/mol. The number of carbonyl (C=O) groups excluding carboxylic acids is 1. The average Bonchev–Trinajstić information content (AvgIpc) is 2.36. The van der Waals surface area contributed by atoms with Crippen molar-refractivity contribution in [2.24, 2.45) is 10.8 Å². The minimum absolute atomic E-state index is 0.226. The maximum atomic E-state index is 11.1. The van der Waals surface area contributed by atoms with Gasteiger partial charge in [0, 0.05) is 0 Å². The van der Waals surface area contributed by atoms with Gasteiger partial charge in [0.25, 0.3) is 0 Å². The molecule has 6 heteroatoms. The third kappa shape index (κ3) is 3.50. The lowest BCUT2D eigenvalue weighted by atomic mass is 10.2. The Morgan fingerprint density at radius 3 is 2.94 bits per heavy atom. The summed E-state index contributed by atoms with van der Waals surface area (Å²) >= 11 is 0. The molecule has 0 radical (unpaired) electrons. The highest BCUT2D eigenvalue weighted by Crippen LogP contribution is 2.12. The van der Waals surface area contributed by atoms with Gasteiger partial charge in [0.05, 0.1) is 17.9 Å². The van der Waals surface area contributed by atoms with Gasteiger partial charge in [-0.15, -0.1) is 5.10 Å². The number of esters is 1. The Labute approximate surface area is 98.7 Å². The van der Waals surface area contributed by atoms with Gasteiger partial charge in [-0.3, -0.25) is 5.43 Å². The molecular weight excluding hydrogens is 220 g/mol. The van der Waals surface area contributed by atoms with Gasteiger partial charge in [0.1, 0.15) is 6.07 Å². The predicted molar refractivity (Wildman–Crippen MR) is 63.0 cm³/mol. The van der Waals surface area contributed by atoms with E-state index in [1.165, 1.54) is 0 Å². The van der Waals surface area contributed by atoms with Crippen LogP contribution < -0.4 is 11.2 Å². The van der Waals surface area contributed by atoms with E-state index in [0.29, 0.717) is 11.3 Å². The zero-order valence-corrected chi connectivity index (χ0v) is 9.30. The van der Waals surface area contributed by atoms with Crippen molar-refractivity contribution in [2.75, 3.05) is 12.0 Å². The fourth-order valence-corrected chi connectivity index (χ4v) is 1.05. The third-order valence-electron chi connectivity index (χ3n) is 1.83. The summed E-state index contributed by atoms with van der Waals surface area (Å²) in [7, 11) is 0. The number of hydrogen-bond donors (Lipinski definition) is 2. The molecule has 0 bridgehead atoms. The summed E-state index contributed by atoms with van der Waals surface area (Å²) in [5.74, 6) is -0.992. The summed E-state index contributed by atoms with van der Waals surface area (Å²) in [5.41, 5.74) is 8.80. The van der Waals surface area contributed by atoms with E-state index in [-0.39, 0.29) is 12.4 Å². The molecule has 0 heterocycles. The van der Waals surface area contributed by atoms with Crippen LogP contribution in [-0.4, -0.2) is 18.4 Å². The highest BCUT2D eigenvalue weighted by Gasteiger charge is 2.07. The van der Waals surface area contributed by atoms with Crippen LogP contribution in [0, 0.1) is 11.3 Å². The van der Waals surface area contributed by atoms with Crippen molar-refractivity contribution in [3.63, 3.8) is 0 Å². The van der Waals surface area contributed by atoms with Crippen LogP contribution in [0.1, 0.15) is 12.5 Å². The molecule has 3 N–H and O–H groups in total. The van der Waals surface area contributed by atoms with Crippen LogP contribution in [0.4, 0.5) is 5.69 Å². The second-order valence-electron chi connectivity index (χ2n) is 2.99. The number of amidine groups is 1. The van der Waals surface area contributed by atoms with E-state index in [0.717, 1.165) is 0 Å². The minimum Gasteiger partial charge on any atom is -0.460 e. The molecule has 0 spiro atoms. The topological polar surface area (TPSA) is 100 Å². The molecule has 1 aromatic rings. The molecule has 0 aliphatic heterocycles. The maximum absolute atomic E-state index is 11.1. The quantitative estimate of drug-likeness (QED) is 0.347. The van der Waals surface area contributed by atoms with E-state index < -0.39 is 5.97 Å². The molecule has 0 atom stereocenters. The first-order valence-corrected chi connectivity index (χ1v) is 4.94. The van der Waals surface area contributed by atoms with Gasteiger partial charge in [-0.1, -0.05) is 12.1 Å². The summed E-state index contributed by atoms with van der Waals surface area (Å²) in [5, 5.41) is 12.5. The van der Waals surface area contributed by atoms with Crippen LogP contribution in [-0.2, 0) is 9.53 Å². The number of ether oxygens (including phenoxy) is 1. The summed E-state index contributed by atoms with van der Waals surface area (Å²) in [4.78, 5) is 11.1. The van der Waals surface area contributed by atoms with Crippen molar-refractivity contribution in [3.8, 4) is 6.07 Å². The molecule has 0 saturated heterocycles. The Balaban J connectivity index is 2.76. The molecule has 17 heavy (non-hydrogen) atoms. The molecule has 0 aliphatic rings. The van der Waals surface area contributed by atoms with E-state index in [1.54, 1.807) is 31.2 Å². The fraction of sp³-hybridized carbons (Fsp3) is 0.182. The number of nitriles is 1. The van der Waals surface area contributed by atoms with Gasteiger partial charge in [-0.2, -0.15) is 5.26 Å². The van der Waals surface area contributed by atoms with Crippen molar-refractivity contribution in [1.82, 2.24) is 0 Å². The summed E-state index contributed by atoms with van der Waals surface area (Å²) in [6.45, 7) is 1.90. The lowest BCUT2D eigenvalue weighted by Gasteiger charge is -2.04. The number of carbonyl (C=O) groups is 1. The van der Waals surface area contributed by atoms with Crippen molar-refractivity contribution in [3.05, 3.63) is 29.8 Å². The number of hydrazone groups is 1. The van der Waals surface area contributed by atoms with Crippen LogP contribution in [0.15, 0.2) is 29.4 Å².